The van der Waals surface area contributed by atoms with E-state index < -0.39 is 0 Å². The SMILES string of the molecule is CCNC1CCN(C(C)C(=O)NC)c2ccccc21. The van der Waals surface area contributed by atoms with Gasteiger partial charge in [-0.1, -0.05) is 25.1 Å². The van der Waals surface area contributed by atoms with Gasteiger partial charge in [0.05, 0.1) is 0 Å². The molecule has 2 N–H and O–H groups in total. The standard InChI is InChI=1S/C15H23N3O/c1-4-17-13-9-10-18(11(2)15(19)16-3)14-8-6-5-7-12(13)14/h5-8,11,13,17H,4,9-10H2,1-3H3,(H,16,19). The molecule has 0 radical (unpaired) electrons. The minimum Gasteiger partial charge on any atom is -0.359 e. The molecular formula is C15H23N3O. The molecule has 1 aliphatic rings. The number of carbonyl (C=O) groups is 1. The van der Waals surface area contributed by atoms with Gasteiger partial charge in [-0.25, -0.2) is 0 Å². The van der Waals surface area contributed by atoms with Crippen molar-refractivity contribution in [2.75, 3.05) is 25.0 Å². The molecule has 0 saturated heterocycles. The first-order chi connectivity index (χ1) is 9.19. The van der Waals surface area contributed by atoms with Crippen LogP contribution in [0.5, 0.6) is 0 Å². The monoisotopic (exact) mass is 261 g/mol. The molecule has 2 rings (SSSR count). The molecule has 0 fully saturated rings. The normalized spacial score (nSPS) is 19.7. The van der Waals surface area contributed by atoms with E-state index in [4.69, 9.17) is 0 Å². The van der Waals surface area contributed by atoms with Gasteiger partial charge in [0, 0.05) is 25.3 Å². The topological polar surface area (TPSA) is 44.4 Å². The third-order valence-electron chi connectivity index (χ3n) is 3.82. The zero-order valence-electron chi connectivity index (χ0n) is 11.9. The van der Waals surface area contributed by atoms with Crippen LogP contribution in [0.2, 0.25) is 0 Å². The Morgan fingerprint density at radius 3 is 2.89 bits per heavy atom. The predicted molar refractivity (Wildman–Crippen MR) is 78.4 cm³/mol. The maximum atomic E-state index is 11.9. The van der Waals surface area contributed by atoms with Crippen LogP contribution in [-0.2, 0) is 4.79 Å². The second-order valence-corrected chi connectivity index (χ2v) is 4.94. The Balaban J connectivity index is 2.30. The lowest BCUT2D eigenvalue weighted by Crippen LogP contribution is -2.47. The number of likely N-dealkylation sites (N-methyl/N-ethyl adjacent to an activating group) is 1. The lowest BCUT2D eigenvalue weighted by Gasteiger charge is -2.39. The van der Waals surface area contributed by atoms with Crippen molar-refractivity contribution >= 4 is 11.6 Å². The van der Waals surface area contributed by atoms with Crippen LogP contribution in [-0.4, -0.2) is 32.1 Å². The number of anilines is 1. The van der Waals surface area contributed by atoms with Crippen LogP contribution in [0, 0.1) is 0 Å². The van der Waals surface area contributed by atoms with E-state index in [2.05, 4.69) is 40.7 Å². The van der Waals surface area contributed by atoms with E-state index in [1.165, 1.54) is 11.3 Å². The number of fused-ring (bicyclic) bond motifs is 1. The minimum absolute atomic E-state index is 0.0664. The largest absolute Gasteiger partial charge is 0.359 e. The highest BCUT2D eigenvalue weighted by Gasteiger charge is 2.29. The number of amides is 1. The molecule has 4 heteroatoms. The lowest BCUT2D eigenvalue weighted by molar-refractivity contribution is -0.121. The fourth-order valence-electron chi connectivity index (χ4n) is 2.80. The number of hydrogen-bond acceptors (Lipinski definition) is 3. The summed E-state index contributed by atoms with van der Waals surface area (Å²) in [4.78, 5) is 14.1. The van der Waals surface area contributed by atoms with Gasteiger partial charge in [0.25, 0.3) is 0 Å². The van der Waals surface area contributed by atoms with Crippen molar-refractivity contribution in [1.29, 1.82) is 0 Å². The highest BCUT2D eigenvalue weighted by atomic mass is 16.2. The summed E-state index contributed by atoms with van der Waals surface area (Å²) in [7, 11) is 1.69. The Labute approximate surface area is 115 Å². The molecule has 4 nitrogen and oxygen atoms in total. The summed E-state index contributed by atoms with van der Waals surface area (Å²) < 4.78 is 0. The lowest BCUT2D eigenvalue weighted by atomic mass is 9.95. The summed E-state index contributed by atoms with van der Waals surface area (Å²) in [6.45, 7) is 5.96. The third kappa shape index (κ3) is 2.73. The van der Waals surface area contributed by atoms with E-state index in [-0.39, 0.29) is 11.9 Å². The molecule has 1 aromatic rings. The second-order valence-electron chi connectivity index (χ2n) is 4.94. The van der Waals surface area contributed by atoms with Gasteiger partial charge in [-0.05, 0) is 31.5 Å². The highest BCUT2D eigenvalue weighted by molar-refractivity contribution is 5.85. The third-order valence-corrected chi connectivity index (χ3v) is 3.82. The fraction of sp³-hybridized carbons (Fsp3) is 0.533. The molecule has 104 valence electrons. The number of rotatable bonds is 4. The maximum Gasteiger partial charge on any atom is 0.242 e. The van der Waals surface area contributed by atoms with E-state index in [0.29, 0.717) is 6.04 Å². The van der Waals surface area contributed by atoms with Gasteiger partial charge in [-0.15, -0.1) is 0 Å². The van der Waals surface area contributed by atoms with Gasteiger partial charge in [-0.2, -0.15) is 0 Å². The number of nitrogens with one attached hydrogen (secondary N) is 2. The molecule has 2 unspecified atom stereocenters. The number of benzene rings is 1. The minimum atomic E-state index is -0.131. The first-order valence-corrected chi connectivity index (χ1v) is 6.99. The quantitative estimate of drug-likeness (QED) is 0.867. The smallest absolute Gasteiger partial charge is 0.242 e. The summed E-state index contributed by atoms with van der Waals surface area (Å²) in [5, 5.41) is 6.25. The molecule has 0 aromatic heterocycles. The van der Waals surface area contributed by atoms with Gasteiger partial charge in [0.15, 0.2) is 0 Å². The second kappa shape index (κ2) is 6.06. The molecule has 0 saturated carbocycles. The van der Waals surface area contributed by atoms with Gasteiger partial charge in [-0.3, -0.25) is 4.79 Å². The molecule has 0 aliphatic carbocycles. The molecule has 0 spiro atoms. The molecule has 1 aliphatic heterocycles. The van der Waals surface area contributed by atoms with Crippen molar-refractivity contribution < 1.29 is 4.79 Å². The van der Waals surface area contributed by atoms with Crippen molar-refractivity contribution in [1.82, 2.24) is 10.6 Å². The molecule has 0 bridgehead atoms. The number of nitrogens with zero attached hydrogens (tertiary/aromatic N) is 1. The van der Waals surface area contributed by atoms with Gasteiger partial charge in [0.1, 0.15) is 6.04 Å². The number of hydrogen-bond donors (Lipinski definition) is 2. The molecule has 1 heterocycles. The van der Waals surface area contributed by atoms with Gasteiger partial charge in [0.2, 0.25) is 5.91 Å². The predicted octanol–water partition coefficient (Wildman–Crippen LogP) is 1.68. The Morgan fingerprint density at radius 1 is 1.47 bits per heavy atom. The van der Waals surface area contributed by atoms with E-state index in [1.807, 2.05) is 13.0 Å². The molecule has 2 atom stereocenters. The maximum absolute atomic E-state index is 11.9. The van der Waals surface area contributed by atoms with Crippen molar-refractivity contribution in [3.63, 3.8) is 0 Å². The van der Waals surface area contributed by atoms with Crippen molar-refractivity contribution in [2.45, 2.75) is 32.4 Å². The van der Waals surface area contributed by atoms with E-state index >= 15 is 0 Å². The molecule has 1 amide bonds. The van der Waals surface area contributed by atoms with E-state index in [0.717, 1.165) is 19.5 Å². The zero-order chi connectivity index (χ0) is 13.8. The number of para-hydroxylation sites is 1. The summed E-state index contributed by atoms with van der Waals surface area (Å²) in [6, 6.07) is 8.64. The van der Waals surface area contributed by atoms with Crippen molar-refractivity contribution in [2.24, 2.45) is 0 Å². The molecule has 1 aromatic carbocycles. The van der Waals surface area contributed by atoms with Crippen LogP contribution in [0.4, 0.5) is 5.69 Å². The van der Waals surface area contributed by atoms with E-state index in [1.54, 1.807) is 7.05 Å². The van der Waals surface area contributed by atoms with Gasteiger partial charge >= 0.3 is 0 Å². The van der Waals surface area contributed by atoms with Gasteiger partial charge < -0.3 is 15.5 Å². The Kier molecular flexibility index (Phi) is 4.43. The van der Waals surface area contributed by atoms with Crippen molar-refractivity contribution in [3.8, 4) is 0 Å². The Hall–Kier alpha value is -1.55. The molecule has 19 heavy (non-hydrogen) atoms. The van der Waals surface area contributed by atoms with Crippen LogP contribution < -0.4 is 15.5 Å². The van der Waals surface area contributed by atoms with Crippen LogP contribution in [0.3, 0.4) is 0 Å². The summed E-state index contributed by atoms with van der Waals surface area (Å²) >= 11 is 0. The number of carbonyl (C=O) groups excluding carboxylic acids is 1. The summed E-state index contributed by atoms with van der Waals surface area (Å²) in [5.74, 6) is 0.0664. The van der Waals surface area contributed by atoms with Crippen LogP contribution in [0.15, 0.2) is 24.3 Å². The summed E-state index contributed by atoms with van der Waals surface area (Å²) in [6.07, 6.45) is 1.03. The summed E-state index contributed by atoms with van der Waals surface area (Å²) in [5.41, 5.74) is 2.47. The van der Waals surface area contributed by atoms with Crippen LogP contribution in [0.1, 0.15) is 31.9 Å². The van der Waals surface area contributed by atoms with Crippen LogP contribution in [0.25, 0.3) is 0 Å². The van der Waals surface area contributed by atoms with Crippen LogP contribution >= 0.6 is 0 Å². The highest BCUT2D eigenvalue weighted by Crippen LogP contribution is 2.34. The Bertz CT molecular complexity index is 447. The fourth-order valence-corrected chi connectivity index (χ4v) is 2.80. The zero-order valence-corrected chi connectivity index (χ0v) is 11.9. The average molecular weight is 261 g/mol. The van der Waals surface area contributed by atoms with E-state index in [9.17, 15) is 4.79 Å². The first-order valence-electron chi connectivity index (χ1n) is 6.99. The Morgan fingerprint density at radius 2 is 2.21 bits per heavy atom. The average Bonchev–Trinajstić information content (AvgIpc) is 2.46. The first kappa shape index (κ1) is 13.9. The van der Waals surface area contributed by atoms with Crippen molar-refractivity contribution in [3.05, 3.63) is 29.8 Å². The molecular weight excluding hydrogens is 238 g/mol.